The van der Waals surface area contributed by atoms with Crippen molar-refractivity contribution >= 4 is 11.9 Å². The highest BCUT2D eigenvalue weighted by Gasteiger charge is 2.32. The predicted octanol–water partition coefficient (Wildman–Crippen LogP) is 5.93. The van der Waals surface area contributed by atoms with Gasteiger partial charge in [-0.25, -0.2) is 9.38 Å². The number of aliphatic imine (C=N–C) groups is 1. The number of rotatable bonds is 5. The van der Waals surface area contributed by atoms with Crippen molar-refractivity contribution in [2.24, 2.45) is 16.6 Å². The number of nitrogens with zero attached hydrogens (tertiary/aromatic N) is 2. The van der Waals surface area contributed by atoms with E-state index in [1.54, 1.807) is 43.4 Å². The first kappa shape index (κ1) is 29.6. The lowest BCUT2D eigenvalue weighted by molar-refractivity contribution is -0.126. The van der Waals surface area contributed by atoms with Gasteiger partial charge in [-0.2, -0.15) is 8.78 Å². The minimum atomic E-state index is -2.74. The van der Waals surface area contributed by atoms with Crippen molar-refractivity contribution in [1.29, 1.82) is 0 Å². The van der Waals surface area contributed by atoms with Crippen molar-refractivity contribution in [2.45, 2.75) is 60.1 Å². The number of carbonyl (C=O) groups is 1. The summed E-state index contributed by atoms with van der Waals surface area (Å²) in [5, 5.41) is 0. The van der Waals surface area contributed by atoms with Crippen LogP contribution in [-0.2, 0) is 11.2 Å². The molecule has 1 aliphatic rings. The molecule has 0 unspecified atom stereocenters. The number of benzene rings is 2. The zero-order valence-electron chi connectivity index (χ0n) is 21.1. The Morgan fingerprint density at radius 3 is 2.37 bits per heavy atom. The molecule has 2 N–H and O–H groups in total. The number of hydrogen-bond acceptors (Lipinski definition) is 4. The van der Waals surface area contributed by atoms with Gasteiger partial charge < -0.3 is 10.5 Å². The van der Waals surface area contributed by atoms with E-state index < -0.39 is 18.5 Å². The molecule has 0 fully saturated rings. The summed E-state index contributed by atoms with van der Waals surface area (Å²) in [4.78, 5) is 17.4. The molecular weight excluding hydrogens is 455 g/mol. The molecule has 0 aliphatic carbocycles. The molecular formula is C27H34F3N3O2. The van der Waals surface area contributed by atoms with Crippen LogP contribution in [0.3, 0.4) is 0 Å². The Morgan fingerprint density at radius 2 is 1.83 bits per heavy atom. The molecule has 0 spiro atoms. The fourth-order valence-corrected chi connectivity index (χ4v) is 2.95. The number of nitrogens with two attached hydrogens (primary N) is 1. The predicted molar refractivity (Wildman–Crippen MR) is 134 cm³/mol. The number of halogens is 3. The van der Waals surface area contributed by atoms with Crippen molar-refractivity contribution in [3.63, 3.8) is 0 Å². The first-order valence-corrected chi connectivity index (χ1v) is 11.6. The Morgan fingerprint density at radius 1 is 1.17 bits per heavy atom. The summed E-state index contributed by atoms with van der Waals surface area (Å²) in [7, 11) is 1.56. The second-order valence-corrected chi connectivity index (χ2v) is 7.77. The fraction of sp³-hybridized carbons (Fsp3) is 0.407. The minimum Gasteiger partial charge on any atom is -0.435 e. The van der Waals surface area contributed by atoms with Gasteiger partial charge in [-0.15, -0.1) is 0 Å². The zero-order chi connectivity index (χ0) is 26.5. The summed E-state index contributed by atoms with van der Waals surface area (Å²) in [6, 6.07) is 10.5. The van der Waals surface area contributed by atoms with Gasteiger partial charge in [0.25, 0.3) is 5.91 Å². The Bertz CT molecular complexity index is 1060. The van der Waals surface area contributed by atoms with Gasteiger partial charge in [0.05, 0.1) is 5.56 Å². The summed E-state index contributed by atoms with van der Waals surface area (Å²) in [5.41, 5.74) is 7.32. The average molecular weight is 490 g/mol. The molecule has 1 amide bonds. The Kier molecular flexibility index (Phi) is 12.4. The fourth-order valence-electron chi connectivity index (χ4n) is 2.95. The van der Waals surface area contributed by atoms with Crippen LogP contribution in [0.5, 0.6) is 5.75 Å². The number of guanidine groups is 1. The van der Waals surface area contributed by atoms with Crippen LogP contribution < -0.4 is 10.5 Å². The van der Waals surface area contributed by atoms with Gasteiger partial charge in [0.2, 0.25) is 0 Å². The normalized spacial score (nSPS) is 14.4. The Hall–Kier alpha value is -3.47. The van der Waals surface area contributed by atoms with E-state index in [0.29, 0.717) is 24.3 Å². The first-order valence-electron chi connectivity index (χ1n) is 11.6. The molecule has 3 rings (SSSR count). The average Bonchev–Trinajstić information content (AvgIpc) is 3.09. The standard InChI is InChI=1S/C16H18FN3O.C9H10F2O.C2H6/c1-10(2)5-4-6-11-9-12(7-8-13(11)17)14-15(21)20(3)16(18)19-14;1-2-7-5-3-4-6-8(7)12-9(10)11;1-2/h7-10,14H,5H2,1-3H3,(H2,18,19);3-6,9H,2H2,1H3;1-2H3/t14-;;/m1../s1. The Labute approximate surface area is 206 Å². The molecule has 1 aliphatic heterocycles. The Balaban J connectivity index is 0.000000372. The summed E-state index contributed by atoms with van der Waals surface area (Å²) >= 11 is 0. The van der Waals surface area contributed by atoms with Crippen LogP contribution in [0.2, 0.25) is 0 Å². The van der Waals surface area contributed by atoms with Crippen LogP contribution in [0.1, 0.15) is 63.8 Å². The monoisotopic (exact) mass is 489 g/mol. The number of ether oxygens (including phenoxy) is 1. The van der Waals surface area contributed by atoms with Crippen LogP contribution in [0.15, 0.2) is 47.5 Å². The van der Waals surface area contributed by atoms with Crippen LogP contribution in [0.4, 0.5) is 13.2 Å². The molecule has 5 nitrogen and oxygen atoms in total. The van der Waals surface area contributed by atoms with Crippen LogP contribution in [-0.4, -0.2) is 30.4 Å². The van der Waals surface area contributed by atoms with Crippen molar-refractivity contribution in [3.05, 3.63) is 65.0 Å². The van der Waals surface area contributed by atoms with E-state index in [1.807, 2.05) is 34.6 Å². The van der Waals surface area contributed by atoms with Gasteiger partial charge in [-0.3, -0.25) is 9.69 Å². The molecule has 0 saturated carbocycles. The smallest absolute Gasteiger partial charge is 0.387 e. The topological polar surface area (TPSA) is 67.9 Å². The van der Waals surface area contributed by atoms with Crippen molar-refractivity contribution < 1.29 is 22.7 Å². The van der Waals surface area contributed by atoms with Crippen LogP contribution in [0.25, 0.3) is 0 Å². The van der Waals surface area contributed by atoms with E-state index in [9.17, 15) is 18.0 Å². The van der Waals surface area contributed by atoms with Gasteiger partial charge in [0.15, 0.2) is 12.0 Å². The molecule has 1 atom stereocenters. The lowest BCUT2D eigenvalue weighted by Crippen LogP contribution is -2.34. The zero-order valence-corrected chi connectivity index (χ0v) is 21.1. The van der Waals surface area contributed by atoms with Gasteiger partial charge in [-0.1, -0.05) is 70.7 Å². The summed E-state index contributed by atoms with van der Waals surface area (Å²) < 4.78 is 41.7. The molecule has 0 aromatic heterocycles. The third-order valence-corrected chi connectivity index (χ3v) is 4.78. The second-order valence-electron chi connectivity index (χ2n) is 7.77. The second kappa shape index (κ2) is 14.7. The molecule has 2 aromatic carbocycles. The quantitative estimate of drug-likeness (QED) is 0.530. The number of hydrogen-bond donors (Lipinski definition) is 1. The maximum absolute atomic E-state index is 13.8. The number of carbonyl (C=O) groups excluding carboxylic acids is 1. The lowest BCUT2D eigenvalue weighted by Gasteiger charge is -2.10. The highest BCUT2D eigenvalue weighted by molar-refractivity contribution is 6.04. The lowest BCUT2D eigenvalue weighted by atomic mass is 10.0. The maximum Gasteiger partial charge on any atom is 0.387 e. The van der Waals surface area contributed by atoms with E-state index in [1.165, 1.54) is 11.0 Å². The van der Waals surface area contributed by atoms with Gasteiger partial charge in [0.1, 0.15) is 11.6 Å². The number of aryl methyl sites for hydroxylation is 1. The highest BCUT2D eigenvalue weighted by Crippen LogP contribution is 2.26. The molecule has 8 heteroatoms. The van der Waals surface area contributed by atoms with E-state index >= 15 is 0 Å². The summed E-state index contributed by atoms with van der Waals surface area (Å²) in [5.74, 6) is 6.01. The first-order chi connectivity index (χ1) is 16.6. The van der Waals surface area contributed by atoms with Crippen LogP contribution >= 0.6 is 0 Å². The summed E-state index contributed by atoms with van der Waals surface area (Å²) in [6.45, 7) is 7.25. The van der Waals surface area contributed by atoms with Crippen molar-refractivity contribution in [2.75, 3.05) is 7.05 Å². The molecule has 0 saturated heterocycles. The molecule has 0 radical (unpaired) electrons. The third-order valence-electron chi connectivity index (χ3n) is 4.78. The van der Waals surface area contributed by atoms with E-state index in [0.717, 1.165) is 5.56 Å². The number of amides is 1. The molecule has 1 heterocycles. The highest BCUT2D eigenvalue weighted by atomic mass is 19.3. The number of para-hydroxylation sites is 1. The van der Waals surface area contributed by atoms with Crippen LogP contribution in [0, 0.1) is 23.6 Å². The molecule has 2 aromatic rings. The van der Waals surface area contributed by atoms with E-state index in [-0.39, 0.29) is 23.2 Å². The van der Waals surface area contributed by atoms with E-state index in [4.69, 9.17) is 5.73 Å². The van der Waals surface area contributed by atoms with E-state index in [2.05, 4.69) is 21.6 Å². The number of alkyl halides is 2. The largest absolute Gasteiger partial charge is 0.435 e. The van der Waals surface area contributed by atoms with Crippen molar-refractivity contribution in [3.8, 4) is 17.6 Å². The number of likely N-dealkylation sites (N-methyl/N-ethyl adjacent to an activating group) is 1. The minimum absolute atomic E-state index is 0.168. The molecule has 0 bridgehead atoms. The maximum atomic E-state index is 13.8. The van der Waals surface area contributed by atoms with Gasteiger partial charge in [-0.05, 0) is 41.7 Å². The molecule has 190 valence electrons. The van der Waals surface area contributed by atoms with Crippen molar-refractivity contribution in [1.82, 2.24) is 4.90 Å². The van der Waals surface area contributed by atoms with Gasteiger partial charge in [0, 0.05) is 13.5 Å². The van der Waals surface area contributed by atoms with Gasteiger partial charge >= 0.3 is 6.61 Å². The SMILES string of the molecule is CC.CC(C)CC#Cc1cc([C@H]2N=C(N)N(C)C2=O)ccc1F.CCc1ccccc1OC(F)F. The molecule has 35 heavy (non-hydrogen) atoms. The third kappa shape index (κ3) is 9.01. The summed E-state index contributed by atoms with van der Waals surface area (Å²) in [6.07, 6.45) is 1.39.